The van der Waals surface area contributed by atoms with E-state index in [0.717, 1.165) is 18.5 Å². The molecule has 0 radical (unpaired) electrons. The van der Waals surface area contributed by atoms with Crippen LogP contribution < -0.4 is 4.90 Å². The number of aryl methyl sites for hydroxylation is 1. The van der Waals surface area contributed by atoms with E-state index in [1.807, 2.05) is 23.1 Å². The number of para-hydroxylation sites is 1. The van der Waals surface area contributed by atoms with Gasteiger partial charge >= 0.3 is 0 Å². The molecule has 1 atom stereocenters. The predicted molar refractivity (Wildman–Crippen MR) is 79.5 cm³/mol. The van der Waals surface area contributed by atoms with E-state index in [9.17, 15) is 9.59 Å². The van der Waals surface area contributed by atoms with Crippen LogP contribution in [0.5, 0.6) is 0 Å². The number of nitrogens with zero attached hydrogens (tertiary/aromatic N) is 1. The molecule has 1 amide bonds. The summed E-state index contributed by atoms with van der Waals surface area (Å²) in [5, 5.41) is 0.182. The zero-order chi connectivity index (χ0) is 13.8. The molecule has 1 aromatic rings. The van der Waals surface area contributed by atoms with Crippen molar-refractivity contribution in [3.05, 3.63) is 29.8 Å². The molecule has 0 bridgehead atoms. The van der Waals surface area contributed by atoms with Crippen LogP contribution in [0.1, 0.15) is 32.3 Å². The van der Waals surface area contributed by atoms with Crippen molar-refractivity contribution in [3.8, 4) is 0 Å². The van der Waals surface area contributed by atoms with Crippen LogP contribution in [-0.2, 0) is 16.0 Å². The van der Waals surface area contributed by atoms with E-state index in [4.69, 9.17) is 0 Å². The number of hydrogen-bond donors (Lipinski definition) is 0. The Hall–Kier alpha value is -1.29. The minimum absolute atomic E-state index is 0.0847. The summed E-state index contributed by atoms with van der Waals surface area (Å²) in [5.74, 6) is 0.127. The number of rotatable bonds is 4. The molecular formula is C15H19NO2S. The number of thioether (sulfide) groups is 1. The predicted octanol–water partition coefficient (Wildman–Crippen LogP) is 3.02. The quantitative estimate of drug-likeness (QED) is 0.849. The minimum Gasteiger partial charge on any atom is -0.311 e. The molecule has 2 rings (SSSR count). The number of hydrogen-bond acceptors (Lipinski definition) is 3. The van der Waals surface area contributed by atoms with E-state index in [0.29, 0.717) is 13.0 Å². The van der Waals surface area contributed by atoms with Crippen LogP contribution in [0, 0.1) is 0 Å². The lowest BCUT2D eigenvalue weighted by Gasteiger charge is -2.20. The average molecular weight is 277 g/mol. The van der Waals surface area contributed by atoms with Gasteiger partial charge in [-0.1, -0.05) is 43.3 Å². The Morgan fingerprint density at radius 1 is 1.42 bits per heavy atom. The van der Waals surface area contributed by atoms with Crippen molar-refractivity contribution in [1.82, 2.24) is 0 Å². The summed E-state index contributed by atoms with van der Waals surface area (Å²) >= 11 is 1.28. The Morgan fingerprint density at radius 2 is 2.16 bits per heavy atom. The van der Waals surface area contributed by atoms with Crippen molar-refractivity contribution < 1.29 is 9.59 Å². The van der Waals surface area contributed by atoms with Crippen LogP contribution in [0.15, 0.2) is 24.3 Å². The van der Waals surface area contributed by atoms with Crippen molar-refractivity contribution in [3.63, 3.8) is 0 Å². The standard InChI is InChI=1S/C15H19NO2S/c1-3-6-12-7-4-5-8-14(12)16-10-13(9-15(16)18)19-11(2)17/h4-5,7-8,13H,3,6,9-10H2,1-2H3. The fourth-order valence-electron chi connectivity index (χ4n) is 2.48. The van der Waals surface area contributed by atoms with Crippen LogP contribution >= 0.6 is 11.8 Å². The van der Waals surface area contributed by atoms with Gasteiger partial charge in [0, 0.05) is 30.8 Å². The second-order valence-corrected chi connectivity index (χ2v) is 6.30. The Kier molecular flexibility index (Phi) is 4.64. The molecule has 0 spiro atoms. The summed E-state index contributed by atoms with van der Waals surface area (Å²) in [4.78, 5) is 25.1. The molecule has 1 aliphatic heterocycles. The number of anilines is 1. The number of carbonyl (C=O) groups is 2. The first-order valence-electron chi connectivity index (χ1n) is 6.67. The van der Waals surface area contributed by atoms with Crippen LogP contribution in [0.3, 0.4) is 0 Å². The van der Waals surface area contributed by atoms with Gasteiger partial charge in [-0.15, -0.1) is 0 Å². The molecule has 1 aromatic carbocycles. The largest absolute Gasteiger partial charge is 0.311 e. The summed E-state index contributed by atoms with van der Waals surface area (Å²) < 4.78 is 0. The zero-order valence-corrected chi connectivity index (χ0v) is 12.2. The van der Waals surface area contributed by atoms with Gasteiger partial charge in [-0.05, 0) is 18.1 Å². The molecule has 0 N–H and O–H groups in total. The normalized spacial score (nSPS) is 18.9. The average Bonchev–Trinajstić information content (AvgIpc) is 2.70. The number of carbonyl (C=O) groups excluding carboxylic acids is 2. The maximum absolute atomic E-state index is 12.1. The summed E-state index contributed by atoms with van der Waals surface area (Å²) in [6.07, 6.45) is 2.50. The Morgan fingerprint density at radius 3 is 2.84 bits per heavy atom. The fraction of sp³-hybridized carbons (Fsp3) is 0.467. The monoisotopic (exact) mass is 277 g/mol. The van der Waals surface area contributed by atoms with Gasteiger partial charge in [0.2, 0.25) is 5.91 Å². The molecule has 1 saturated heterocycles. The van der Waals surface area contributed by atoms with Crippen molar-refractivity contribution in [2.24, 2.45) is 0 Å². The Labute approximate surface area is 118 Å². The van der Waals surface area contributed by atoms with Gasteiger partial charge in [-0.25, -0.2) is 0 Å². The first kappa shape index (κ1) is 14.1. The molecule has 19 heavy (non-hydrogen) atoms. The third-order valence-electron chi connectivity index (χ3n) is 3.22. The maximum Gasteiger partial charge on any atom is 0.228 e. The van der Waals surface area contributed by atoms with Gasteiger partial charge in [0.1, 0.15) is 0 Å². The van der Waals surface area contributed by atoms with E-state index in [-0.39, 0.29) is 16.3 Å². The highest BCUT2D eigenvalue weighted by Gasteiger charge is 2.32. The molecule has 1 heterocycles. The molecular weight excluding hydrogens is 258 g/mol. The highest BCUT2D eigenvalue weighted by Crippen LogP contribution is 2.31. The molecule has 1 unspecified atom stereocenters. The molecule has 1 fully saturated rings. The van der Waals surface area contributed by atoms with Crippen molar-refractivity contribution in [2.45, 2.75) is 38.4 Å². The van der Waals surface area contributed by atoms with E-state index < -0.39 is 0 Å². The van der Waals surface area contributed by atoms with Crippen molar-refractivity contribution in [1.29, 1.82) is 0 Å². The third-order valence-corrected chi connectivity index (χ3v) is 4.20. The van der Waals surface area contributed by atoms with Gasteiger partial charge < -0.3 is 4.90 Å². The summed E-state index contributed by atoms with van der Waals surface area (Å²) in [7, 11) is 0. The van der Waals surface area contributed by atoms with Crippen LogP contribution in [0.4, 0.5) is 5.69 Å². The van der Waals surface area contributed by atoms with Gasteiger partial charge in [-0.3, -0.25) is 9.59 Å². The molecule has 1 aliphatic rings. The Balaban J connectivity index is 2.18. The molecule has 0 aromatic heterocycles. The van der Waals surface area contributed by atoms with E-state index in [2.05, 4.69) is 13.0 Å². The molecule has 0 saturated carbocycles. The zero-order valence-electron chi connectivity index (χ0n) is 11.4. The van der Waals surface area contributed by atoms with Crippen molar-refractivity contribution >= 4 is 28.5 Å². The lowest BCUT2D eigenvalue weighted by atomic mass is 10.1. The van der Waals surface area contributed by atoms with E-state index in [1.54, 1.807) is 6.92 Å². The summed E-state index contributed by atoms with van der Waals surface area (Å²) in [6.45, 7) is 4.34. The highest BCUT2D eigenvalue weighted by atomic mass is 32.2. The van der Waals surface area contributed by atoms with Crippen LogP contribution in [0.25, 0.3) is 0 Å². The maximum atomic E-state index is 12.1. The summed E-state index contributed by atoms with van der Waals surface area (Å²) in [6, 6.07) is 8.06. The van der Waals surface area contributed by atoms with Gasteiger partial charge in [-0.2, -0.15) is 0 Å². The smallest absolute Gasteiger partial charge is 0.228 e. The number of amides is 1. The number of benzene rings is 1. The lowest BCUT2D eigenvalue weighted by Crippen LogP contribution is -2.26. The second kappa shape index (κ2) is 6.24. The molecule has 4 heteroatoms. The highest BCUT2D eigenvalue weighted by molar-refractivity contribution is 8.14. The topological polar surface area (TPSA) is 37.4 Å². The molecule has 0 aliphatic carbocycles. The minimum atomic E-state index is 0.0847. The van der Waals surface area contributed by atoms with Crippen LogP contribution in [-0.4, -0.2) is 22.8 Å². The van der Waals surface area contributed by atoms with Gasteiger partial charge in [0.25, 0.3) is 0 Å². The van der Waals surface area contributed by atoms with Gasteiger partial charge in [0.15, 0.2) is 5.12 Å². The van der Waals surface area contributed by atoms with E-state index >= 15 is 0 Å². The molecule has 3 nitrogen and oxygen atoms in total. The van der Waals surface area contributed by atoms with Crippen molar-refractivity contribution in [2.75, 3.05) is 11.4 Å². The van der Waals surface area contributed by atoms with Gasteiger partial charge in [0.05, 0.1) is 0 Å². The Bertz CT molecular complexity index is 487. The first-order chi connectivity index (χ1) is 9.11. The van der Waals surface area contributed by atoms with Crippen LogP contribution in [0.2, 0.25) is 0 Å². The SMILES string of the molecule is CCCc1ccccc1N1CC(SC(C)=O)CC1=O. The second-order valence-electron chi connectivity index (χ2n) is 4.82. The molecule has 102 valence electrons. The fourth-order valence-corrected chi connectivity index (χ4v) is 3.40. The first-order valence-corrected chi connectivity index (χ1v) is 7.55. The summed E-state index contributed by atoms with van der Waals surface area (Å²) in [5.41, 5.74) is 2.23. The lowest BCUT2D eigenvalue weighted by molar-refractivity contribution is -0.117. The van der Waals surface area contributed by atoms with E-state index in [1.165, 1.54) is 17.3 Å². The third kappa shape index (κ3) is 3.38.